The summed E-state index contributed by atoms with van der Waals surface area (Å²) >= 11 is 3.90. The van der Waals surface area contributed by atoms with Crippen molar-refractivity contribution in [1.29, 1.82) is 0 Å². The van der Waals surface area contributed by atoms with Crippen LogP contribution in [0.15, 0.2) is 5.51 Å². The number of rotatable bonds is 4. The van der Waals surface area contributed by atoms with Crippen molar-refractivity contribution in [1.82, 2.24) is 9.36 Å². The molecule has 1 unspecified atom stereocenters. The minimum atomic E-state index is 0.701. The third-order valence-electron chi connectivity index (χ3n) is 1.41. The van der Waals surface area contributed by atoms with Gasteiger partial charge in [0, 0.05) is 10.3 Å². The maximum atomic E-state index is 4.16. The van der Waals surface area contributed by atoms with Gasteiger partial charge >= 0.3 is 0 Å². The molecule has 4 heteroatoms. The fourth-order valence-corrected chi connectivity index (χ4v) is 2.37. The summed E-state index contributed by atoms with van der Waals surface area (Å²) < 4.78 is 4.87. The van der Waals surface area contributed by atoms with Gasteiger partial charge in [0.15, 0.2) is 0 Å². The van der Waals surface area contributed by atoms with Gasteiger partial charge in [-0.05, 0) is 18.0 Å². The molecule has 1 heterocycles. The van der Waals surface area contributed by atoms with E-state index >= 15 is 0 Å². The van der Waals surface area contributed by atoms with Gasteiger partial charge in [0.2, 0.25) is 0 Å². The van der Waals surface area contributed by atoms with Gasteiger partial charge in [-0.3, -0.25) is 0 Å². The van der Waals surface area contributed by atoms with Crippen molar-refractivity contribution in [3.05, 3.63) is 11.3 Å². The number of hydrogen-bond donors (Lipinski definition) is 0. The van der Waals surface area contributed by atoms with Crippen LogP contribution < -0.4 is 0 Å². The van der Waals surface area contributed by atoms with Crippen LogP contribution >= 0.6 is 34.1 Å². The van der Waals surface area contributed by atoms with Gasteiger partial charge in [-0.25, -0.2) is 4.98 Å². The van der Waals surface area contributed by atoms with Crippen LogP contribution in [0.2, 0.25) is 0 Å². The fourth-order valence-electron chi connectivity index (χ4n) is 0.896. The van der Waals surface area contributed by atoms with Gasteiger partial charge in [0.05, 0.1) is 0 Å². The number of alkyl halides is 1. The smallest absolute Gasteiger partial charge is 0.143 e. The molecule has 0 spiro atoms. The highest BCUT2D eigenvalue weighted by Gasteiger charge is 2.05. The Labute approximate surface area is 84.7 Å². The molecule has 1 aromatic rings. The maximum Gasteiger partial charge on any atom is 0.143 e. The second-order valence-corrected chi connectivity index (χ2v) is 4.80. The lowest BCUT2D eigenvalue weighted by atomic mass is 10.2. The van der Waals surface area contributed by atoms with Gasteiger partial charge < -0.3 is 0 Å². The first-order valence-corrected chi connectivity index (χ1v) is 5.80. The van der Waals surface area contributed by atoms with E-state index in [4.69, 9.17) is 0 Å². The standard InChI is InChI=1S/C7H11IN2S/c1-2-3-6(8)4-7-9-5-11-10-7/h5-6H,2-4H2,1H3. The van der Waals surface area contributed by atoms with Crippen LogP contribution in [-0.2, 0) is 6.42 Å². The molecule has 0 saturated carbocycles. The number of aromatic nitrogens is 2. The minimum absolute atomic E-state index is 0.701. The Bertz CT molecular complexity index is 188. The average molecular weight is 282 g/mol. The van der Waals surface area contributed by atoms with Crippen LogP contribution in [0.3, 0.4) is 0 Å². The third-order valence-corrected chi connectivity index (χ3v) is 2.99. The van der Waals surface area contributed by atoms with Crippen molar-refractivity contribution >= 4 is 34.1 Å². The molecule has 2 nitrogen and oxygen atoms in total. The lowest BCUT2D eigenvalue weighted by Crippen LogP contribution is -2.02. The maximum absolute atomic E-state index is 4.16. The van der Waals surface area contributed by atoms with Crippen molar-refractivity contribution in [2.75, 3.05) is 0 Å². The summed E-state index contributed by atoms with van der Waals surface area (Å²) in [6, 6.07) is 0. The molecule has 1 aromatic heterocycles. The molecule has 11 heavy (non-hydrogen) atoms. The fraction of sp³-hybridized carbons (Fsp3) is 0.714. The van der Waals surface area contributed by atoms with Gasteiger partial charge in [-0.2, -0.15) is 4.37 Å². The molecule has 0 aliphatic heterocycles. The molecule has 0 aliphatic rings. The SMILES string of the molecule is CCCC(I)Cc1ncsn1. The quantitative estimate of drug-likeness (QED) is 0.627. The zero-order valence-corrected chi connectivity index (χ0v) is 9.43. The van der Waals surface area contributed by atoms with E-state index in [2.05, 4.69) is 38.9 Å². The van der Waals surface area contributed by atoms with E-state index in [0.717, 1.165) is 12.2 Å². The highest BCUT2D eigenvalue weighted by Crippen LogP contribution is 2.13. The van der Waals surface area contributed by atoms with Gasteiger partial charge in [-0.1, -0.05) is 35.9 Å². The number of nitrogens with zero attached hydrogens (tertiary/aromatic N) is 2. The Morgan fingerprint density at radius 3 is 3.09 bits per heavy atom. The van der Waals surface area contributed by atoms with Gasteiger partial charge in [0.1, 0.15) is 11.3 Å². The molecule has 0 aliphatic carbocycles. The predicted octanol–water partition coefficient (Wildman–Crippen LogP) is 2.68. The zero-order chi connectivity index (χ0) is 8.10. The second-order valence-electron chi connectivity index (χ2n) is 2.44. The van der Waals surface area contributed by atoms with Gasteiger partial charge in [0.25, 0.3) is 0 Å². The van der Waals surface area contributed by atoms with Crippen LogP contribution in [0.4, 0.5) is 0 Å². The number of hydrogen-bond acceptors (Lipinski definition) is 3. The van der Waals surface area contributed by atoms with Crippen LogP contribution in [-0.4, -0.2) is 13.3 Å². The summed E-state index contributed by atoms with van der Waals surface area (Å²) in [4.78, 5) is 4.14. The monoisotopic (exact) mass is 282 g/mol. The first-order valence-electron chi connectivity index (χ1n) is 3.72. The minimum Gasteiger partial charge on any atom is -0.228 e. The summed E-state index contributed by atoms with van der Waals surface area (Å²) in [5, 5.41) is 0. The summed E-state index contributed by atoms with van der Waals surface area (Å²) in [6.45, 7) is 2.21. The van der Waals surface area contributed by atoms with Crippen molar-refractivity contribution in [2.24, 2.45) is 0 Å². The van der Waals surface area contributed by atoms with E-state index in [-0.39, 0.29) is 0 Å². The van der Waals surface area contributed by atoms with Crippen LogP contribution in [0.1, 0.15) is 25.6 Å². The topological polar surface area (TPSA) is 25.8 Å². The molecular formula is C7H11IN2S. The summed E-state index contributed by atoms with van der Waals surface area (Å²) in [6.07, 6.45) is 3.54. The van der Waals surface area contributed by atoms with E-state index in [9.17, 15) is 0 Å². The summed E-state index contributed by atoms with van der Waals surface area (Å²) in [5.41, 5.74) is 1.80. The molecule has 0 bridgehead atoms. The number of halogens is 1. The average Bonchev–Trinajstić information content (AvgIpc) is 2.40. The molecule has 1 atom stereocenters. The van der Waals surface area contributed by atoms with Crippen LogP contribution in [0.5, 0.6) is 0 Å². The van der Waals surface area contributed by atoms with Crippen LogP contribution in [0, 0.1) is 0 Å². The lowest BCUT2D eigenvalue weighted by Gasteiger charge is -2.03. The van der Waals surface area contributed by atoms with Gasteiger partial charge in [-0.15, -0.1) is 0 Å². The van der Waals surface area contributed by atoms with E-state index < -0.39 is 0 Å². The Morgan fingerprint density at radius 2 is 2.55 bits per heavy atom. The first-order chi connectivity index (χ1) is 5.33. The third kappa shape index (κ3) is 3.46. The van der Waals surface area contributed by atoms with E-state index in [1.54, 1.807) is 5.51 Å². The molecule has 0 fully saturated rings. The molecule has 0 aromatic carbocycles. The molecule has 0 saturated heterocycles. The molecule has 0 amide bonds. The normalized spacial score (nSPS) is 13.3. The zero-order valence-electron chi connectivity index (χ0n) is 6.46. The van der Waals surface area contributed by atoms with E-state index in [1.165, 1.54) is 24.4 Å². The highest BCUT2D eigenvalue weighted by atomic mass is 127. The van der Waals surface area contributed by atoms with Crippen molar-refractivity contribution in [2.45, 2.75) is 30.1 Å². The van der Waals surface area contributed by atoms with Crippen molar-refractivity contribution < 1.29 is 0 Å². The van der Waals surface area contributed by atoms with Crippen molar-refractivity contribution in [3.8, 4) is 0 Å². The van der Waals surface area contributed by atoms with Crippen molar-refractivity contribution in [3.63, 3.8) is 0 Å². The molecule has 0 N–H and O–H groups in total. The molecule has 1 rings (SSSR count). The summed E-state index contributed by atoms with van der Waals surface area (Å²) in [5.74, 6) is 1.00. The molecular weight excluding hydrogens is 271 g/mol. The Balaban J connectivity index is 2.31. The largest absolute Gasteiger partial charge is 0.228 e. The van der Waals surface area contributed by atoms with E-state index in [1.807, 2.05) is 0 Å². The predicted molar refractivity (Wildman–Crippen MR) is 56.3 cm³/mol. The second kappa shape index (κ2) is 5.03. The van der Waals surface area contributed by atoms with Crippen LogP contribution in [0.25, 0.3) is 0 Å². The highest BCUT2D eigenvalue weighted by molar-refractivity contribution is 14.1. The van der Waals surface area contributed by atoms with E-state index in [0.29, 0.717) is 3.92 Å². The molecule has 62 valence electrons. The first kappa shape index (κ1) is 9.38. The Kier molecular flexibility index (Phi) is 4.29. The lowest BCUT2D eigenvalue weighted by molar-refractivity contribution is 0.738. The Hall–Kier alpha value is 0.290. The Morgan fingerprint density at radius 1 is 1.73 bits per heavy atom. The summed E-state index contributed by atoms with van der Waals surface area (Å²) in [7, 11) is 0. The molecule has 0 radical (unpaired) electrons.